The maximum atomic E-state index is 12.3. The van der Waals surface area contributed by atoms with Crippen molar-refractivity contribution in [3.8, 4) is 11.1 Å². The molecule has 23 heavy (non-hydrogen) atoms. The van der Waals surface area contributed by atoms with Crippen molar-refractivity contribution in [1.82, 2.24) is 0 Å². The van der Waals surface area contributed by atoms with Gasteiger partial charge >= 0.3 is 11.6 Å². The fraction of sp³-hybridized carbons (Fsp3) is 0.158. The van der Waals surface area contributed by atoms with E-state index in [-0.39, 0.29) is 12.0 Å². The van der Waals surface area contributed by atoms with Gasteiger partial charge in [-0.15, -0.1) is 0 Å². The molecule has 0 fully saturated rings. The van der Waals surface area contributed by atoms with Crippen LogP contribution in [0.3, 0.4) is 0 Å². The van der Waals surface area contributed by atoms with E-state index in [1.54, 1.807) is 0 Å². The highest BCUT2D eigenvalue weighted by Crippen LogP contribution is 2.32. The van der Waals surface area contributed by atoms with Gasteiger partial charge in [-0.3, -0.25) is 4.79 Å². The number of rotatable bonds is 3. The summed E-state index contributed by atoms with van der Waals surface area (Å²) in [6.07, 6.45) is -0.366. The molecule has 0 aliphatic heterocycles. The molecule has 0 radical (unpaired) electrons. The van der Waals surface area contributed by atoms with Crippen LogP contribution in [0.15, 0.2) is 51.7 Å². The zero-order chi connectivity index (χ0) is 16.6. The highest BCUT2D eigenvalue weighted by atomic mass is 16.4. The number of carbonyl (C=O) groups is 1. The van der Waals surface area contributed by atoms with Crippen LogP contribution in [0.2, 0.25) is 0 Å². The van der Waals surface area contributed by atoms with Crippen LogP contribution in [0.5, 0.6) is 0 Å². The molecule has 1 aromatic heterocycles. The van der Waals surface area contributed by atoms with Gasteiger partial charge in [0.1, 0.15) is 5.58 Å². The first-order valence-electron chi connectivity index (χ1n) is 7.31. The van der Waals surface area contributed by atoms with E-state index in [1.807, 2.05) is 56.3 Å². The molecule has 3 aromatic rings. The molecule has 0 saturated carbocycles. The summed E-state index contributed by atoms with van der Waals surface area (Å²) in [5.41, 5.74) is 3.59. The summed E-state index contributed by atoms with van der Waals surface area (Å²) in [6.45, 7) is 3.92. The lowest BCUT2D eigenvalue weighted by atomic mass is 9.94. The molecular formula is C19H16O4. The van der Waals surface area contributed by atoms with Crippen molar-refractivity contribution in [2.75, 3.05) is 0 Å². The molecule has 0 bridgehead atoms. The topological polar surface area (TPSA) is 67.5 Å². The van der Waals surface area contributed by atoms with Crippen molar-refractivity contribution in [1.29, 1.82) is 0 Å². The normalized spacial score (nSPS) is 10.9. The molecule has 0 amide bonds. The molecule has 3 rings (SSSR count). The van der Waals surface area contributed by atoms with E-state index in [2.05, 4.69) is 0 Å². The fourth-order valence-corrected chi connectivity index (χ4v) is 2.74. The first-order valence-corrected chi connectivity index (χ1v) is 7.31. The number of carboxylic acids is 1. The first kappa shape index (κ1) is 15.0. The average Bonchev–Trinajstić information content (AvgIpc) is 2.51. The van der Waals surface area contributed by atoms with Crippen molar-refractivity contribution in [3.63, 3.8) is 0 Å². The number of benzene rings is 2. The van der Waals surface area contributed by atoms with Gasteiger partial charge in [-0.1, -0.05) is 30.3 Å². The second-order valence-electron chi connectivity index (χ2n) is 5.61. The molecule has 1 N–H and O–H groups in total. The Bertz CT molecular complexity index is 953. The zero-order valence-corrected chi connectivity index (χ0v) is 12.9. The standard InChI is InChI=1S/C19H16O4/c1-11-8-14-16(9-12(11)2)23-19(22)15(10-17(20)21)18(14)13-6-4-3-5-7-13/h3-9H,10H2,1-2H3,(H,20,21). The minimum Gasteiger partial charge on any atom is -0.481 e. The Morgan fingerprint density at radius 1 is 1.09 bits per heavy atom. The highest BCUT2D eigenvalue weighted by molar-refractivity contribution is 5.96. The number of carboxylic acid groups (broad SMARTS) is 1. The van der Waals surface area contributed by atoms with E-state index in [0.717, 1.165) is 22.1 Å². The Morgan fingerprint density at radius 2 is 1.74 bits per heavy atom. The zero-order valence-electron chi connectivity index (χ0n) is 12.9. The number of aliphatic carboxylic acids is 1. The highest BCUT2D eigenvalue weighted by Gasteiger charge is 2.19. The van der Waals surface area contributed by atoms with E-state index >= 15 is 0 Å². The third-order valence-corrected chi connectivity index (χ3v) is 4.01. The number of aryl methyl sites for hydroxylation is 2. The second-order valence-corrected chi connectivity index (χ2v) is 5.61. The Labute approximate surface area is 133 Å². The molecule has 4 heteroatoms. The largest absolute Gasteiger partial charge is 0.481 e. The minimum atomic E-state index is -1.06. The minimum absolute atomic E-state index is 0.180. The van der Waals surface area contributed by atoms with Crippen LogP contribution in [-0.4, -0.2) is 11.1 Å². The van der Waals surface area contributed by atoms with Crippen molar-refractivity contribution < 1.29 is 14.3 Å². The molecule has 0 atom stereocenters. The van der Waals surface area contributed by atoms with E-state index in [4.69, 9.17) is 9.52 Å². The molecule has 0 aliphatic carbocycles. The van der Waals surface area contributed by atoms with Crippen molar-refractivity contribution in [2.24, 2.45) is 0 Å². The molecule has 1 heterocycles. The van der Waals surface area contributed by atoms with Gasteiger partial charge in [-0.05, 0) is 42.7 Å². The van der Waals surface area contributed by atoms with Gasteiger partial charge in [0.25, 0.3) is 0 Å². The Kier molecular flexibility index (Phi) is 3.74. The molecule has 0 spiro atoms. The summed E-state index contributed by atoms with van der Waals surface area (Å²) < 4.78 is 5.37. The monoisotopic (exact) mass is 308 g/mol. The SMILES string of the molecule is Cc1cc2oc(=O)c(CC(=O)O)c(-c3ccccc3)c2cc1C. The Balaban J connectivity index is 2.46. The van der Waals surface area contributed by atoms with Crippen molar-refractivity contribution >= 4 is 16.9 Å². The first-order chi connectivity index (χ1) is 11.0. The van der Waals surface area contributed by atoms with Gasteiger partial charge in [0.15, 0.2) is 0 Å². The lowest BCUT2D eigenvalue weighted by Gasteiger charge is -2.12. The van der Waals surface area contributed by atoms with Gasteiger partial charge < -0.3 is 9.52 Å². The van der Waals surface area contributed by atoms with E-state index in [0.29, 0.717) is 11.1 Å². The van der Waals surface area contributed by atoms with Gasteiger partial charge in [0.05, 0.1) is 12.0 Å². The molecule has 2 aromatic carbocycles. The number of hydrogen-bond donors (Lipinski definition) is 1. The third-order valence-electron chi connectivity index (χ3n) is 4.01. The third kappa shape index (κ3) is 2.75. The fourth-order valence-electron chi connectivity index (χ4n) is 2.74. The van der Waals surface area contributed by atoms with Crippen LogP contribution in [0.25, 0.3) is 22.1 Å². The van der Waals surface area contributed by atoms with Gasteiger partial charge in [-0.25, -0.2) is 4.79 Å². The summed E-state index contributed by atoms with van der Waals surface area (Å²) >= 11 is 0. The van der Waals surface area contributed by atoms with Gasteiger partial charge in [0.2, 0.25) is 0 Å². The van der Waals surface area contributed by atoms with E-state index in [9.17, 15) is 9.59 Å². The number of fused-ring (bicyclic) bond motifs is 1. The summed E-state index contributed by atoms with van der Waals surface area (Å²) in [4.78, 5) is 23.5. The smallest absolute Gasteiger partial charge is 0.340 e. The molecule has 0 saturated heterocycles. The molecule has 0 aliphatic rings. The van der Waals surface area contributed by atoms with Crippen molar-refractivity contribution in [2.45, 2.75) is 20.3 Å². The predicted molar refractivity (Wildman–Crippen MR) is 88.7 cm³/mol. The summed E-state index contributed by atoms with van der Waals surface area (Å²) in [6, 6.07) is 13.1. The summed E-state index contributed by atoms with van der Waals surface area (Å²) in [7, 11) is 0. The molecule has 4 nitrogen and oxygen atoms in total. The summed E-state index contributed by atoms with van der Waals surface area (Å²) in [5, 5.41) is 9.91. The van der Waals surface area contributed by atoms with Crippen LogP contribution in [0.4, 0.5) is 0 Å². The Morgan fingerprint density at radius 3 is 2.39 bits per heavy atom. The maximum absolute atomic E-state index is 12.3. The van der Waals surface area contributed by atoms with Crippen LogP contribution in [0, 0.1) is 13.8 Å². The Hall–Kier alpha value is -2.88. The lowest BCUT2D eigenvalue weighted by molar-refractivity contribution is -0.136. The molecular weight excluding hydrogens is 292 g/mol. The van der Waals surface area contributed by atoms with Gasteiger partial charge in [0, 0.05) is 10.9 Å². The van der Waals surface area contributed by atoms with E-state index in [1.165, 1.54) is 0 Å². The van der Waals surface area contributed by atoms with Crippen molar-refractivity contribution in [3.05, 3.63) is 69.6 Å². The quantitative estimate of drug-likeness (QED) is 0.749. The van der Waals surface area contributed by atoms with Gasteiger partial charge in [-0.2, -0.15) is 0 Å². The predicted octanol–water partition coefficient (Wildman–Crippen LogP) is 3.70. The van der Waals surface area contributed by atoms with Crippen LogP contribution < -0.4 is 5.63 Å². The second kappa shape index (κ2) is 5.72. The molecule has 116 valence electrons. The number of hydrogen-bond acceptors (Lipinski definition) is 3. The summed E-state index contributed by atoms with van der Waals surface area (Å²) in [5.74, 6) is -1.06. The van der Waals surface area contributed by atoms with Crippen LogP contribution in [-0.2, 0) is 11.2 Å². The lowest BCUT2D eigenvalue weighted by Crippen LogP contribution is -2.14. The average molecular weight is 308 g/mol. The van der Waals surface area contributed by atoms with E-state index < -0.39 is 11.6 Å². The molecule has 0 unspecified atom stereocenters. The van der Waals surface area contributed by atoms with Crippen LogP contribution in [0.1, 0.15) is 16.7 Å². The van der Waals surface area contributed by atoms with Crippen LogP contribution >= 0.6 is 0 Å². The maximum Gasteiger partial charge on any atom is 0.340 e.